The van der Waals surface area contributed by atoms with Crippen molar-refractivity contribution < 1.29 is 8.78 Å². The zero-order chi connectivity index (χ0) is 12.5. The van der Waals surface area contributed by atoms with Gasteiger partial charge in [-0.15, -0.1) is 22.7 Å². The molecule has 0 radical (unpaired) electrons. The van der Waals surface area contributed by atoms with Crippen molar-refractivity contribution in [3.05, 3.63) is 56.7 Å². The molecule has 0 saturated carbocycles. The smallest absolute Gasteiger partial charge is 0.131 e. The van der Waals surface area contributed by atoms with Gasteiger partial charge in [-0.3, -0.25) is 0 Å². The molecule has 92 valence electrons. The Kier molecular flexibility index (Phi) is 3.14. The second kappa shape index (κ2) is 4.78. The monoisotopic (exact) mass is 280 g/mol. The highest BCUT2D eigenvalue weighted by molar-refractivity contribution is 7.12. The molecule has 1 aliphatic rings. The summed E-state index contributed by atoms with van der Waals surface area (Å²) in [6.07, 6.45) is 0.338. The number of allylic oxidation sites excluding steroid dienone is 4. The van der Waals surface area contributed by atoms with E-state index in [2.05, 4.69) is 0 Å². The number of rotatable bonds is 2. The van der Waals surface area contributed by atoms with Gasteiger partial charge >= 0.3 is 0 Å². The van der Waals surface area contributed by atoms with Crippen LogP contribution in [0.5, 0.6) is 0 Å². The Labute approximate surface area is 112 Å². The van der Waals surface area contributed by atoms with Gasteiger partial charge in [-0.05, 0) is 29.0 Å². The summed E-state index contributed by atoms with van der Waals surface area (Å²) in [7, 11) is 0. The van der Waals surface area contributed by atoms with E-state index >= 15 is 0 Å². The highest BCUT2D eigenvalue weighted by atomic mass is 32.1. The maximum absolute atomic E-state index is 14.2. The molecule has 0 aliphatic heterocycles. The van der Waals surface area contributed by atoms with E-state index in [9.17, 15) is 8.78 Å². The molecule has 0 nitrogen and oxygen atoms in total. The molecule has 0 amide bonds. The van der Waals surface area contributed by atoms with Crippen LogP contribution in [0.4, 0.5) is 8.78 Å². The highest BCUT2D eigenvalue weighted by Gasteiger charge is 2.27. The van der Waals surface area contributed by atoms with E-state index in [0.29, 0.717) is 11.1 Å². The average Bonchev–Trinajstić information content (AvgIpc) is 3.02. The van der Waals surface area contributed by atoms with Gasteiger partial charge in [0.2, 0.25) is 0 Å². The molecule has 2 heterocycles. The lowest BCUT2D eigenvalue weighted by Crippen LogP contribution is -2.09. The molecule has 0 fully saturated rings. The third-order valence-corrected chi connectivity index (χ3v) is 4.67. The Morgan fingerprint density at radius 2 is 1.72 bits per heavy atom. The van der Waals surface area contributed by atoms with Crippen molar-refractivity contribution in [1.82, 2.24) is 0 Å². The van der Waals surface area contributed by atoms with Crippen LogP contribution in [0.3, 0.4) is 0 Å². The van der Waals surface area contributed by atoms with Crippen molar-refractivity contribution in [2.45, 2.75) is 12.6 Å². The van der Waals surface area contributed by atoms with Gasteiger partial charge in [0.25, 0.3) is 0 Å². The molecule has 1 unspecified atom stereocenters. The van der Waals surface area contributed by atoms with Gasteiger partial charge in [0.05, 0.1) is 0 Å². The summed E-state index contributed by atoms with van der Waals surface area (Å²) in [5.41, 5.74) is 0.915. The van der Waals surface area contributed by atoms with Crippen LogP contribution in [-0.4, -0.2) is 6.17 Å². The van der Waals surface area contributed by atoms with E-state index in [1.165, 1.54) is 28.7 Å². The predicted molar refractivity (Wildman–Crippen MR) is 74.2 cm³/mol. The molecule has 2 aromatic rings. The summed E-state index contributed by atoms with van der Waals surface area (Å²) < 4.78 is 28.2. The minimum Gasteiger partial charge on any atom is -0.242 e. The van der Waals surface area contributed by atoms with Crippen molar-refractivity contribution in [3.8, 4) is 0 Å². The van der Waals surface area contributed by atoms with Crippen LogP contribution in [0.15, 0.2) is 46.9 Å². The largest absolute Gasteiger partial charge is 0.242 e. The number of thiophene rings is 2. The number of hydrogen-bond donors (Lipinski definition) is 0. The Morgan fingerprint density at radius 1 is 1.06 bits per heavy atom. The Balaban J connectivity index is 2.23. The summed E-state index contributed by atoms with van der Waals surface area (Å²) in [6, 6.07) is 7.40. The van der Waals surface area contributed by atoms with Crippen molar-refractivity contribution in [3.63, 3.8) is 0 Å². The van der Waals surface area contributed by atoms with E-state index in [1.807, 2.05) is 35.0 Å². The molecule has 2 aromatic heterocycles. The van der Waals surface area contributed by atoms with Gasteiger partial charge in [-0.1, -0.05) is 12.1 Å². The summed E-state index contributed by atoms with van der Waals surface area (Å²) in [5.74, 6) is -0.310. The van der Waals surface area contributed by atoms with Crippen molar-refractivity contribution in [2.75, 3.05) is 0 Å². The minimum atomic E-state index is -1.12. The summed E-state index contributed by atoms with van der Waals surface area (Å²) in [6.45, 7) is 0. The van der Waals surface area contributed by atoms with E-state index in [-0.39, 0.29) is 12.2 Å². The summed E-state index contributed by atoms with van der Waals surface area (Å²) in [4.78, 5) is 1.60. The molecule has 0 aromatic carbocycles. The van der Waals surface area contributed by atoms with Gasteiger partial charge in [-0.2, -0.15) is 0 Å². The van der Waals surface area contributed by atoms with E-state index in [0.717, 1.165) is 9.75 Å². The quantitative estimate of drug-likeness (QED) is 0.698. The lowest BCUT2D eigenvalue weighted by molar-refractivity contribution is 0.410. The number of alkyl halides is 1. The third kappa shape index (κ3) is 1.95. The molecule has 1 aliphatic carbocycles. The maximum Gasteiger partial charge on any atom is 0.131 e. The van der Waals surface area contributed by atoms with E-state index in [4.69, 9.17) is 0 Å². The Bertz CT molecular complexity index is 592. The predicted octanol–water partition coefficient (Wildman–Crippen LogP) is 5.32. The first kappa shape index (κ1) is 11.8. The van der Waals surface area contributed by atoms with Crippen molar-refractivity contribution >= 4 is 33.8 Å². The topological polar surface area (TPSA) is 0 Å². The van der Waals surface area contributed by atoms with Crippen molar-refractivity contribution in [2.24, 2.45) is 0 Å². The van der Waals surface area contributed by atoms with E-state index in [1.54, 1.807) is 0 Å². The van der Waals surface area contributed by atoms with Crippen LogP contribution in [0.1, 0.15) is 16.2 Å². The van der Waals surface area contributed by atoms with Gasteiger partial charge in [-0.25, -0.2) is 8.78 Å². The first-order chi connectivity index (χ1) is 8.77. The summed E-state index contributed by atoms with van der Waals surface area (Å²) in [5, 5.41) is 3.76. The Morgan fingerprint density at radius 3 is 2.33 bits per heavy atom. The number of halogens is 2. The average molecular weight is 280 g/mol. The molecular weight excluding hydrogens is 270 g/mol. The molecule has 1 atom stereocenters. The molecule has 0 bridgehead atoms. The van der Waals surface area contributed by atoms with Crippen LogP contribution in [-0.2, 0) is 0 Å². The first-order valence-electron chi connectivity index (χ1n) is 5.59. The second-order valence-electron chi connectivity index (χ2n) is 4.00. The lowest BCUT2D eigenvalue weighted by atomic mass is 9.93. The van der Waals surface area contributed by atoms with Crippen LogP contribution >= 0.6 is 22.7 Å². The van der Waals surface area contributed by atoms with Crippen LogP contribution in [0.25, 0.3) is 11.1 Å². The zero-order valence-corrected chi connectivity index (χ0v) is 11.0. The fraction of sp³-hybridized carbons (Fsp3) is 0.143. The third-order valence-electron chi connectivity index (χ3n) is 2.88. The molecule has 0 spiro atoms. The van der Waals surface area contributed by atoms with Crippen LogP contribution < -0.4 is 0 Å². The second-order valence-corrected chi connectivity index (χ2v) is 5.89. The molecule has 0 saturated heterocycles. The highest BCUT2D eigenvalue weighted by Crippen LogP contribution is 2.43. The SMILES string of the molecule is FC1=CCC(F)C(c2cccs2)=C1c1cccs1. The van der Waals surface area contributed by atoms with Gasteiger partial charge in [0.1, 0.15) is 12.0 Å². The fourth-order valence-electron chi connectivity index (χ4n) is 2.09. The van der Waals surface area contributed by atoms with Crippen LogP contribution in [0.2, 0.25) is 0 Å². The first-order valence-corrected chi connectivity index (χ1v) is 7.35. The molecule has 3 rings (SSSR count). The summed E-state index contributed by atoms with van der Waals surface area (Å²) >= 11 is 2.88. The zero-order valence-electron chi connectivity index (χ0n) is 9.40. The van der Waals surface area contributed by atoms with Gasteiger partial charge in [0.15, 0.2) is 0 Å². The lowest BCUT2D eigenvalue weighted by Gasteiger charge is -2.19. The van der Waals surface area contributed by atoms with Crippen LogP contribution in [0, 0.1) is 0 Å². The molecular formula is C14H10F2S2. The standard InChI is InChI=1S/C14H10F2S2/c15-9-5-6-10(16)14(12-4-2-8-18-12)13(9)11-3-1-7-17-11/h1-5,7-8,10H,6H2. The maximum atomic E-state index is 14.2. The molecule has 0 N–H and O–H groups in total. The van der Waals surface area contributed by atoms with Gasteiger partial charge in [0, 0.05) is 27.3 Å². The minimum absolute atomic E-state index is 0.119. The molecule has 18 heavy (non-hydrogen) atoms. The Hall–Kier alpha value is -1.26. The van der Waals surface area contributed by atoms with Crippen molar-refractivity contribution in [1.29, 1.82) is 0 Å². The molecule has 4 heteroatoms. The normalized spacial score (nSPS) is 20.1. The van der Waals surface area contributed by atoms with Gasteiger partial charge < -0.3 is 0 Å². The number of hydrogen-bond acceptors (Lipinski definition) is 2. The van der Waals surface area contributed by atoms with E-state index < -0.39 is 6.17 Å². The fourth-order valence-corrected chi connectivity index (χ4v) is 3.70.